The minimum Gasteiger partial charge on any atom is -0.484 e. The zero-order chi connectivity index (χ0) is 37.9. The molecule has 5 N–H and O–H groups in total. The first-order valence-corrected chi connectivity index (χ1v) is 18.5. The topological polar surface area (TPSA) is 174 Å². The van der Waals surface area contributed by atoms with Gasteiger partial charge in [0, 0.05) is 11.4 Å². The van der Waals surface area contributed by atoms with E-state index >= 15 is 0 Å². The maximum atomic E-state index is 13.7. The van der Waals surface area contributed by atoms with Crippen molar-refractivity contribution in [3.8, 4) is 5.75 Å². The third-order valence-corrected chi connectivity index (χ3v) is 10.6. The fourth-order valence-corrected chi connectivity index (χ4v) is 7.77. The number of benzene rings is 3. The number of amides is 4. The van der Waals surface area contributed by atoms with E-state index in [0.717, 1.165) is 37.7 Å². The fourth-order valence-electron chi connectivity index (χ4n) is 6.47. The third-order valence-electron chi connectivity index (χ3n) is 9.24. The summed E-state index contributed by atoms with van der Waals surface area (Å²) in [6.07, 6.45) is 4.44. The van der Waals surface area contributed by atoms with Gasteiger partial charge in [-0.3, -0.25) is 24.0 Å². The summed E-state index contributed by atoms with van der Waals surface area (Å²) in [5, 5.41) is 26.4. The molecule has 0 bridgehead atoms. The Labute approximate surface area is 309 Å². The molecule has 1 aliphatic heterocycles. The van der Waals surface area contributed by atoms with Crippen LogP contribution in [0, 0.1) is 17.6 Å². The summed E-state index contributed by atoms with van der Waals surface area (Å²) in [6.45, 7) is -1.41. The lowest BCUT2D eigenvalue weighted by Crippen LogP contribution is -2.57. The average Bonchev–Trinajstić information content (AvgIpc) is 3.15. The number of aliphatic hydroxyl groups is 1. The van der Waals surface area contributed by atoms with Crippen LogP contribution in [0.25, 0.3) is 0 Å². The molecule has 53 heavy (non-hydrogen) atoms. The number of nitrogens with zero attached hydrogens (tertiary/aromatic N) is 1. The monoisotopic (exact) mass is 752 g/mol. The predicted octanol–water partition coefficient (Wildman–Crippen LogP) is 4.04. The molecule has 282 valence electrons. The summed E-state index contributed by atoms with van der Waals surface area (Å²) >= 11 is 1.25. The van der Waals surface area contributed by atoms with Crippen molar-refractivity contribution in [2.45, 2.75) is 62.0 Å². The number of carboxylic acid groups (broad SMARTS) is 1. The molecule has 15 heteroatoms. The number of carboxylic acids is 1. The van der Waals surface area contributed by atoms with Gasteiger partial charge < -0.3 is 35.8 Å². The molecular formula is C38H42F2N4O8S. The van der Waals surface area contributed by atoms with Gasteiger partial charge >= 0.3 is 5.97 Å². The molecule has 4 atom stereocenters. The molecule has 5 rings (SSSR count). The lowest BCUT2D eigenvalue weighted by molar-refractivity contribution is -0.138. The Bertz CT molecular complexity index is 1740. The summed E-state index contributed by atoms with van der Waals surface area (Å²) < 4.78 is 32.7. The van der Waals surface area contributed by atoms with E-state index in [4.69, 9.17) is 9.84 Å². The maximum Gasteiger partial charge on any atom is 0.322 e. The lowest BCUT2D eigenvalue weighted by atomic mass is 9.84. The summed E-state index contributed by atoms with van der Waals surface area (Å²) in [4.78, 5) is 63.7. The third kappa shape index (κ3) is 11.0. The van der Waals surface area contributed by atoms with Crippen LogP contribution in [0.3, 0.4) is 0 Å². The van der Waals surface area contributed by atoms with Crippen LogP contribution in [0.2, 0.25) is 0 Å². The number of nitrogens with one attached hydrogen (secondary N) is 3. The second-order valence-corrected chi connectivity index (χ2v) is 14.2. The van der Waals surface area contributed by atoms with Crippen LogP contribution >= 0.6 is 11.8 Å². The van der Waals surface area contributed by atoms with Crippen LogP contribution in [-0.2, 0) is 24.0 Å². The standard InChI is InChI=1S/C38H42F2N4O8S/c39-26-10-6-24(7-11-26)31(45)22-53-36-35(44(38(36)51)28-14-12-27(40)13-15-28)25-8-16-29(17-9-25)52-21-33(47)41-19-32(46)43-30(37(50)42-20-34(48)49)18-23-4-2-1-3-5-23/h6-17,23,30-31,35-36,45H,1-5,18-22H2,(H,41,47)(H,42,50)(H,43,46)(H,48,49)/t30-,31+,35-,36-/m1/s1. The Balaban J connectivity index is 1.15. The van der Waals surface area contributed by atoms with Crippen molar-refractivity contribution in [3.05, 3.63) is 95.6 Å². The van der Waals surface area contributed by atoms with Gasteiger partial charge in [-0.2, -0.15) is 0 Å². The van der Waals surface area contributed by atoms with E-state index in [0.29, 0.717) is 23.4 Å². The number of hydrogen-bond donors (Lipinski definition) is 5. The van der Waals surface area contributed by atoms with Crippen LogP contribution < -0.4 is 25.6 Å². The first-order chi connectivity index (χ1) is 25.5. The van der Waals surface area contributed by atoms with Gasteiger partial charge in [-0.15, -0.1) is 11.8 Å². The van der Waals surface area contributed by atoms with Gasteiger partial charge in [-0.1, -0.05) is 56.4 Å². The molecule has 3 aromatic carbocycles. The maximum absolute atomic E-state index is 13.7. The summed E-state index contributed by atoms with van der Waals surface area (Å²) in [5.41, 5.74) is 1.74. The number of carbonyl (C=O) groups is 5. The summed E-state index contributed by atoms with van der Waals surface area (Å²) in [6, 6.07) is 16.4. The molecule has 4 amide bonds. The summed E-state index contributed by atoms with van der Waals surface area (Å²) in [7, 11) is 0. The normalized spacial score (nSPS) is 18.3. The molecule has 1 saturated heterocycles. The van der Waals surface area contributed by atoms with E-state index in [1.54, 1.807) is 29.2 Å². The zero-order valence-electron chi connectivity index (χ0n) is 28.8. The highest BCUT2D eigenvalue weighted by Gasteiger charge is 2.49. The number of β-lactam (4-membered cyclic amide) rings is 1. The van der Waals surface area contributed by atoms with Crippen LogP contribution in [0.15, 0.2) is 72.8 Å². The molecule has 1 heterocycles. The fraction of sp³-hybridized carbons (Fsp3) is 0.395. The van der Waals surface area contributed by atoms with Crippen LogP contribution in [0.1, 0.15) is 61.8 Å². The number of aliphatic hydroxyl groups excluding tert-OH is 1. The molecule has 1 saturated carbocycles. The van der Waals surface area contributed by atoms with Crippen LogP contribution in [0.4, 0.5) is 14.5 Å². The molecule has 0 unspecified atom stereocenters. The van der Waals surface area contributed by atoms with Gasteiger partial charge in [0.15, 0.2) is 6.61 Å². The van der Waals surface area contributed by atoms with E-state index in [2.05, 4.69) is 16.0 Å². The molecule has 2 fully saturated rings. The Morgan fingerprint density at radius 3 is 2.13 bits per heavy atom. The quantitative estimate of drug-likeness (QED) is 0.128. The number of carbonyl (C=O) groups excluding carboxylic acids is 4. The first kappa shape index (κ1) is 39.2. The van der Waals surface area contributed by atoms with E-state index in [1.165, 1.54) is 60.3 Å². The van der Waals surface area contributed by atoms with Gasteiger partial charge in [-0.05, 0) is 72.0 Å². The highest BCUT2D eigenvalue weighted by molar-refractivity contribution is 8.00. The van der Waals surface area contributed by atoms with Crippen LogP contribution in [0.5, 0.6) is 5.75 Å². The van der Waals surface area contributed by atoms with Gasteiger partial charge in [0.05, 0.1) is 18.7 Å². The van der Waals surface area contributed by atoms with Crippen molar-refractivity contribution in [1.29, 1.82) is 0 Å². The van der Waals surface area contributed by atoms with Crippen LogP contribution in [-0.4, -0.2) is 76.6 Å². The van der Waals surface area contributed by atoms with Crippen molar-refractivity contribution in [3.63, 3.8) is 0 Å². The minimum absolute atomic E-state index is 0.170. The van der Waals surface area contributed by atoms with E-state index in [-0.39, 0.29) is 17.6 Å². The number of hydrogen-bond acceptors (Lipinski definition) is 8. The van der Waals surface area contributed by atoms with Crippen molar-refractivity contribution < 1.29 is 47.7 Å². The molecule has 2 aliphatic rings. The van der Waals surface area contributed by atoms with Gasteiger partial charge in [0.1, 0.15) is 35.2 Å². The van der Waals surface area contributed by atoms with Gasteiger partial charge in [-0.25, -0.2) is 8.78 Å². The Morgan fingerprint density at radius 2 is 1.49 bits per heavy atom. The Morgan fingerprint density at radius 1 is 0.849 bits per heavy atom. The lowest BCUT2D eigenvalue weighted by Gasteiger charge is -2.47. The first-order valence-electron chi connectivity index (χ1n) is 17.4. The van der Waals surface area contributed by atoms with Crippen molar-refractivity contribution in [1.82, 2.24) is 16.0 Å². The highest BCUT2D eigenvalue weighted by Crippen LogP contribution is 2.46. The molecule has 0 spiro atoms. The molecular weight excluding hydrogens is 711 g/mol. The number of halogens is 2. The zero-order valence-corrected chi connectivity index (χ0v) is 29.7. The second kappa shape index (κ2) is 18.6. The predicted molar refractivity (Wildman–Crippen MR) is 193 cm³/mol. The van der Waals surface area contributed by atoms with Gasteiger partial charge in [0.2, 0.25) is 17.7 Å². The Kier molecular flexibility index (Phi) is 13.8. The molecule has 0 radical (unpaired) electrons. The van der Waals surface area contributed by atoms with Crippen molar-refractivity contribution in [2.24, 2.45) is 5.92 Å². The van der Waals surface area contributed by atoms with Crippen molar-refractivity contribution in [2.75, 3.05) is 30.3 Å². The molecule has 3 aromatic rings. The summed E-state index contributed by atoms with van der Waals surface area (Å²) in [5.74, 6) is -3.35. The molecule has 1 aliphatic carbocycles. The molecule has 12 nitrogen and oxygen atoms in total. The average molecular weight is 753 g/mol. The number of ether oxygens (including phenoxy) is 1. The van der Waals surface area contributed by atoms with E-state index < -0.39 is 78.5 Å². The van der Waals surface area contributed by atoms with E-state index in [9.17, 15) is 37.9 Å². The van der Waals surface area contributed by atoms with E-state index in [1.807, 2.05) is 0 Å². The smallest absolute Gasteiger partial charge is 0.322 e. The van der Waals surface area contributed by atoms with Gasteiger partial charge in [0.25, 0.3) is 5.91 Å². The number of aliphatic carboxylic acids is 1. The Hall–Kier alpha value is -5.02. The largest absolute Gasteiger partial charge is 0.484 e. The minimum atomic E-state index is -1.20. The SMILES string of the molecule is O=C(O)CNC(=O)[C@@H](CC1CCCCC1)NC(=O)CNC(=O)COc1ccc([C@@H]2[C@@H](SC[C@H](O)c3ccc(F)cc3)C(=O)N2c2ccc(F)cc2)cc1. The highest BCUT2D eigenvalue weighted by atomic mass is 32.2. The van der Waals surface area contributed by atoms with Crippen molar-refractivity contribution >= 4 is 47.0 Å². The second-order valence-electron chi connectivity index (χ2n) is 13.1. The number of thioether (sulfide) groups is 1. The number of rotatable bonds is 17. The molecule has 0 aromatic heterocycles. The number of anilines is 1.